The van der Waals surface area contributed by atoms with Crippen LogP contribution < -0.4 is 0 Å². The number of carbonyl (C=O) groups is 2. The molecule has 0 heterocycles. The first-order valence-corrected chi connectivity index (χ1v) is 7.64. The lowest BCUT2D eigenvalue weighted by Crippen LogP contribution is -2.06. The minimum absolute atomic E-state index is 0.215. The van der Waals surface area contributed by atoms with Crippen molar-refractivity contribution in [3.63, 3.8) is 0 Å². The number of rotatable bonds is 14. The molecule has 3 N–H and O–H groups in total. The zero-order chi connectivity index (χ0) is 15.2. The molecule has 0 saturated carbocycles. The first kappa shape index (κ1) is 18.9. The van der Waals surface area contributed by atoms with Crippen LogP contribution in [0.1, 0.15) is 77.0 Å². The van der Waals surface area contributed by atoms with Gasteiger partial charge in [0.15, 0.2) is 0 Å². The van der Waals surface area contributed by atoms with Crippen molar-refractivity contribution in [1.29, 1.82) is 0 Å². The second kappa shape index (κ2) is 12.9. The fourth-order valence-corrected chi connectivity index (χ4v) is 2.16. The fourth-order valence-electron chi connectivity index (χ4n) is 2.16. The van der Waals surface area contributed by atoms with Gasteiger partial charge in [0.05, 0.1) is 6.10 Å². The van der Waals surface area contributed by atoms with Gasteiger partial charge in [-0.15, -0.1) is 0 Å². The van der Waals surface area contributed by atoms with Crippen LogP contribution in [0.25, 0.3) is 0 Å². The summed E-state index contributed by atoms with van der Waals surface area (Å²) in [6.45, 7) is 0. The Morgan fingerprint density at radius 3 is 1.45 bits per heavy atom. The summed E-state index contributed by atoms with van der Waals surface area (Å²) in [5.41, 5.74) is 0. The van der Waals surface area contributed by atoms with Crippen LogP contribution in [0.15, 0.2) is 0 Å². The third-order valence-electron chi connectivity index (χ3n) is 3.36. The fraction of sp³-hybridized carbons (Fsp3) is 0.867. The van der Waals surface area contributed by atoms with Gasteiger partial charge in [0.25, 0.3) is 0 Å². The summed E-state index contributed by atoms with van der Waals surface area (Å²) in [4.78, 5) is 20.6. The Morgan fingerprint density at radius 1 is 0.650 bits per heavy atom. The summed E-state index contributed by atoms with van der Waals surface area (Å²) >= 11 is 0. The lowest BCUT2D eigenvalue weighted by molar-refractivity contribution is -0.138. The van der Waals surface area contributed by atoms with Gasteiger partial charge in [-0.25, -0.2) is 0 Å². The highest BCUT2D eigenvalue weighted by Gasteiger charge is 2.04. The molecule has 1 atom stereocenters. The molecule has 0 fully saturated rings. The molecule has 0 aliphatic carbocycles. The average molecular weight is 288 g/mol. The highest BCUT2D eigenvalue weighted by Crippen LogP contribution is 2.13. The molecule has 0 aromatic carbocycles. The van der Waals surface area contributed by atoms with Gasteiger partial charge in [-0.3, -0.25) is 9.59 Å². The molecule has 0 spiro atoms. The van der Waals surface area contributed by atoms with E-state index in [0.717, 1.165) is 57.8 Å². The molecule has 20 heavy (non-hydrogen) atoms. The Bertz CT molecular complexity index is 265. The Kier molecular flexibility index (Phi) is 12.2. The molecule has 0 aliphatic heterocycles. The van der Waals surface area contributed by atoms with Crippen molar-refractivity contribution in [2.75, 3.05) is 0 Å². The zero-order valence-corrected chi connectivity index (χ0v) is 12.2. The normalized spacial score (nSPS) is 12.2. The van der Waals surface area contributed by atoms with Gasteiger partial charge in [0.1, 0.15) is 0 Å². The first-order valence-electron chi connectivity index (χ1n) is 7.64. The van der Waals surface area contributed by atoms with Gasteiger partial charge < -0.3 is 15.3 Å². The van der Waals surface area contributed by atoms with Crippen molar-refractivity contribution in [2.45, 2.75) is 83.2 Å². The van der Waals surface area contributed by atoms with Crippen molar-refractivity contribution in [2.24, 2.45) is 0 Å². The van der Waals surface area contributed by atoms with Crippen LogP contribution in [-0.2, 0) is 9.59 Å². The Hall–Kier alpha value is -1.10. The van der Waals surface area contributed by atoms with Crippen molar-refractivity contribution < 1.29 is 24.9 Å². The van der Waals surface area contributed by atoms with E-state index in [-0.39, 0.29) is 18.9 Å². The first-order chi connectivity index (χ1) is 9.52. The number of carboxylic acid groups (broad SMARTS) is 2. The van der Waals surface area contributed by atoms with E-state index in [4.69, 9.17) is 10.2 Å². The van der Waals surface area contributed by atoms with E-state index in [2.05, 4.69) is 0 Å². The molecule has 0 bridgehead atoms. The van der Waals surface area contributed by atoms with Crippen molar-refractivity contribution >= 4 is 11.9 Å². The Balaban J connectivity index is 3.22. The maximum atomic E-state index is 10.3. The molecular formula is C15H28O5. The molecule has 0 aromatic heterocycles. The van der Waals surface area contributed by atoms with Crippen LogP contribution in [0.5, 0.6) is 0 Å². The Morgan fingerprint density at radius 2 is 1.00 bits per heavy atom. The number of aliphatic carboxylic acids is 2. The van der Waals surface area contributed by atoms with E-state index in [1.807, 2.05) is 0 Å². The van der Waals surface area contributed by atoms with Crippen LogP contribution in [0.2, 0.25) is 0 Å². The van der Waals surface area contributed by atoms with E-state index >= 15 is 0 Å². The molecule has 118 valence electrons. The summed E-state index contributed by atoms with van der Waals surface area (Å²) in [5, 5.41) is 26.7. The minimum Gasteiger partial charge on any atom is -0.481 e. The predicted molar refractivity (Wildman–Crippen MR) is 76.7 cm³/mol. The summed E-state index contributed by atoms with van der Waals surface area (Å²) in [6.07, 6.45) is 8.87. The maximum Gasteiger partial charge on any atom is 0.303 e. The second-order valence-electron chi connectivity index (χ2n) is 5.35. The van der Waals surface area contributed by atoms with E-state index in [1.54, 1.807) is 0 Å². The molecular weight excluding hydrogens is 260 g/mol. The van der Waals surface area contributed by atoms with Crippen LogP contribution in [-0.4, -0.2) is 33.4 Å². The number of hydrogen-bond acceptors (Lipinski definition) is 3. The molecule has 5 nitrogen and oxygen atoms in total. The minimum atomic E-state index is -0.756. The number of aliphatic hydroxyl groups excluding tert-OH is 1. The highest BCUT2D eigenvalue weighted by atomic mass is 16.4. The predicted octanol–water partition coefficient (Wildman–Crippen LogP) is 3.20. The summed E-state index contributed by atoms with van der Waals surface area (Å²) in [6, 6.07) is 0. The Labute approximate surface area is 121 Å². The standard InChI is InChI=1S/C15H28O5/c16-13(10-6-4-8-12-15(19)20)9-5-2-1-3-7-11-14(17)18/h13,16H,1-12H2,(H,17,18)(H,19,20)/t13-/m1/s1. The van der Waals surface area contributed by atoms with Crippen LogP contribution in [0.3, 0.4) is 0 Å². The largest absolute Gasteiger partial charge is 0.481 e. The smallest absolute Gasteiger partial charge is 0.303 e. The summed E-state index contributed by atoms with van der Waals surface area (Å²) in [7, 11) is 0. The van der Waals surface area contributed by atoms with Crippen molar-refractivity contribution in [1.82, 2.24) is 0 Å². The van der Waals surface area contributed by atoms with Gasteiger partial charge in [0.2, 0.25) is 0 Å². The summed E-state index contributed by atoms with van der Waals surface area (Å²) < 4.78 is 0. The lowest BCUT2D eigenvalue weighted by atomic mass is 10.0. The lowest BCUT2D eigenvalue weighted by Gasteiger charge is -2.09. The van der Waals surface area contributed by atoms with Crippen LogP contribution in [0.4, 0.5) is 0 Å². The maximum absolute atomic E-state index is 10.3. The third kappa shape index (κ3) is 15.0. The van der Waals surface area contributed by atoms with Gasteiger partial charge in [-0.05, 0) is 25.7 Å². The van der Waals surface area contributed by atoms with Gasteiger partial charge in [-0.1, -0.05) is 38.5 Å². The molecule has 0 radical (unpaired) electrons. The highest BCUT2D eigenvalue weighted by molar-refractivity contribution is 5.66. The topological polar surface area (TPSA) is 94.8 Å². The molecule has 0 unspecified atom stereocenters. The number of carboxylic acids is 2. The van der Waals surface area contributed by atoms with Crippen molar-refractivity contribution in [3.8, 4) is 0 Å². The SMILES string of the molecule is O=C(O)CCCCCCC[C@@H](O)CCCCCC(=O)O. The molecule has 5 heteroatoms. The molecule has 0 saturated heterocycles. The number of unbranched alkanes of at least 4 members (excludes halogenated alkanes) is 6. The number of aliphatic hydroxyl groups is 1. The quantitative estimate of drug-likeness (QED) is 0.427. The molecule has 0 aromatic rings. The average Bonchev–Trinajstić information content (AvgIpc) is 2.36. The summed E-state index contributed by atoms with van der Waals surface area (Å²) in [5.74, 6) is -1.49. The van der Waals surface area contributed by atoms with Gasteiger partial charge in [-0.2, -0.15) is 0 Å². The molecule has 0 aliphatic rings. The van der Waals surface area contributed by atoms with Crippen LogP contribution in [0, 0.1) is 0 Å². The molecule has 0 rings (SSSR count). The molecule has 0 amide bonds. The van der Waals surface area contributed by atoms with E-state index < -0.39 is 11.9 Å². The second-order valence-corrected chi connectivity index (χ2v) is 5.35. The van der Waals surface area contributed by atoms with Crippen LogP contribution >= 0.6 is 0 Å². The van der Waals surface area contributed by atoms with Gasteiger partial charge >= 0.3 is 11.9 Å². The number of hydrogen-bond donors (Lipinski definition) is 3. The third-order valence-corrected chi connectivity index (χ3v) is 3.36. The van der Waals surface area contributed by atoms with E-state index in [9.17, 15) is 14.7 Å². The van der Waals surface area contributed by atoms with Gasteiger partial charge in [0, 0.05) is 12.8 Å². The van der Waals surface area contributed by atoms with Crippen molar-refractivity contribution in [3.05, 3.63) is 0 Å². The zero-order valence-electron chi connectivity index (χ0n) is 12.2. The van der Waals surface area contributed by atoms with E-state index in [1.165, 1.54) is 0 Å². The monoisotopic (exact) mass is 288 g/mol. The van der Waals surface area contributed by atoms with E-state index in [0.29, 0.717) is 6.42 Å².